The molecule has 0 saturated heterocycles. The highest BCUT2D eigenvalue weighted by Gasteiger charge is 2.27. The molecule has 1 atom stereocenters. The third kappa shape index (κ3) is 5.98. The van der Waals surface area contributed by atoms with Gasteiger partial charge >= 0.3 is 0 Å². The fourth-order valence-corrected chi connectivity index (χ4v) is 6.53. The molecule has 0 heterocycles. The lowest BCUT2D eigenvalue weighted by atomic mass is 9.89. The largest absolute Gasteiger partial charge is 0.352 e. The maximum Gasteiger partial charge on any atom is 0.261 e. The number of carbonyl (C=O) groups excluding carboxylic acids is 2. The first-order valence-electron chi connectivity index (χ1n) is 13.3. The van der Waals surface area contributed by atoms with Crippen LogP contribution in [0.1, 0.15) is 61.8 Å². The van der Waals surface area contributed by atoms with Crippen LogP contribution in [0.4, 0.5) is 0 Å². The smallest absolute Gasteiger partial charge is 0.261 e. The minimum Gasteiger partial charge on any atom is -0.352 e. The fourth-order valence-electron chi connectivity index (χ4n) is 5.01. The van der Waals surface area contributed by atoms with Crippen molar-refractivity contribution in [2.24, 2.45) is 0 Å². The van der Waals surface area contributed by atoms with Crippen molar-refractivity contribution < 1.29 is 18.6 Å². The molecule has 204 valence electrons. The van der Waals surface area contributed by atoms with Crippen LogP contribution in [-0.4, -0.2) is 48.5 Å². The molecule has 0 bridgehead atoms. The van der Waals surface area contributed by atoms with Crippen molar-refractivity contribution >= 4 is 52.7 Å². The van der Waals surface area contributed by atoms with Gasteiger partial charge in [0.05, 0.1) is 19.1 Å². The Bertz CT molecular complexity index is 1510. The lowest BCUT2D eigenvalue weighted by molar-refractivity contribution is 0.0905. The molecular formula is C30H35N4O4P. The molecule has 4 aromatic rings. The lowest BCUT2D eigenvalue weighted by Crippen LogP contribution is -2.35. The molecule has 0 spiro atoms. The highest BCUT2D eigenvalue weighted by molar-refractivity contribution is 7.44. The van der Waals surface area contributed by atoms with Crippen LogP contribution in [-0.2, 0) is 9.05 Å². The molecule has 2 amide bonds. The third-order valence-electron chi connectivity index (χ3n) is 6.56. The van der Waals surface area contributed by atoms with Crippen LogP contribution in [0.3, 0.4) is 0 Å². The molecule has 0 fully saturated rings. The van der Waals surface area contributed by atoms with E-state index >= 15 is 0 Å². The van der Waals surface area contributed by atoms with Gasteiger partial charge in [0, 0.05) is 29.8 Å². The van der Waals surface area contributed by atoms with E-state index in [1.54, 1.807) is 0 Å². The second kappa shape index (κ2) is 12.7. The molecular weight excluding hydrogens is 511 g/mol. The lowest BCUT2D eigenvalue weighted by Gasteiger charge is -2.35. The van der Waals surface area contributed by atoms with Gasteiger partial charge in [0.2, 0.25) is 0 Å². The predicted octanol–water partition coefficient (Wildman–Crippen LogP) is 6.31. The van der Waals surface area contributed by atoms with Gasteiger partial charge in [-0.1, -0.05) is 36.4 Å². The highest BCUT2D eigenvalue weighted by atomic mass is 31.2. The van der Waals surface area contributed by atoms with Crippen LogP contribution in [0.15, 0.2) is 48.5 Å². The van der Waals surface area contributed by atoms with Crippen molar-refractivity contribution in [1.82, 2.24) is 15.3 Å². The van der Waals surface area contributed by atoms with Crippen LogP contribution in [0.5, 0.6) is 0 Å². The molecule has 4 rings (SSSR count). The Morgan fingerprint density at radius 1 is 0.846 bits per heavy atom. The maximum absolute atomic E-state index is 13.4. The maximum atomic E-state index is 13.4. The Labute approximate surface area is 230 Å². The molecule has 0 aliphatic carbocycles. The molecule has 0 saturated carbocycles. The Hall–Kier alpha value is -3.34. The summed E-state index contributed by atoms with van der Waals surface area (Å²) < 4.78 is 14.1. The van der Waals surface area contributed by atoms with Gasteiger partial charge in [-0.05, 0) is 79.1 Å². The van der Waals surface area contributed by atoms with Crippen LogP contribution >= 0.6 is 8.53 Å². The van der Waals surface area contributed by atoms with Gasteiger partial charge in [-0.25, -0.2) is 4.67 Å². The molecule has 1 unspecified atom stereocenters. The van der Waals surface area contributed by atoms with Gasteiger partial charge in [-0.15, -0.1) is 0 Å². The zero-order valence-electron chi connectivity index (χ0n) is 23.1. The summed E-state index contributed by atoms with van der Waals surface area (Å²) >= 11 is 0. The van der Waals surface area contributed by atoms with E-state index in [9.17, 15) is 9.59 Å². The second-order valence-corrected chi connectivity index (χ2v) is 11.3. The molecule has 39 heavy (non-hydrogen) atoms. The quantitative estimate of drug-likeness (QED) is 0.0934. The monoisotopic (exact) mass is 546 g/mol. The molecule has 4 aromatic carbocycles. The van der Waals surface area contributed by atoms with Crippen LogP contribution in [0.2, 0.25) is 0 Å². The summed E-state index contributed by atoms with van der Waals surface area (Å²) in [5.41, 5.74) is 1.15. The number of nitriles is 1. The number of benzene rings is 4. The van der Waals surface area contributed by atoms with E-state index in [1.807, 2.05) is 55.5 Å². The topological polar surface area (TPSA) is 104 Å². The Kier molecular flexibility index (Phi) is 9.32. The molecule has 9 heteroatoms. The first kappa shape index (κ1) is 28.7. The number of carbonyl (C=O) groups is 2. The van der Waals surface area contributed by atoms with Gasteiger partial charge < -0.3 is 19.7 Å². The van der Waals surface area contributed by atoms with Crippen molar-refractivity contribution in [1.29, 1.82) is 5.26 Å². The standard InChI is InChI=1S/C30H35N4O4P/c1-6-32-29(35)25-12-10-21-8-9-22-11-13-26(24-15-14-23(25)27(21)28(22)24)30(36)33-18-38-39(37-17-7-16-31)34(19(2)3)20(4)5/h8-15,19-20H,6-7,17-18H2,1-5H3,(H,32,35)(H,33,36). The van der Waals surface area contributed by atoms with Crippen LogP contribution in [0, 0.1) is 11.3 Å². The first-order valence-corrected chi connectivity index (χ1v) is 14.4. The van der Waals surface area contributed by atoms with Gasteiger partial charge in [0.1, 0.15) is 6.73 Å². The van der Waals surface area contributed by atoms with Crippen molar-refractivity contribution in [3.8, 4) is 6.07 Å². The number of nitrogens with one attached hydrogen (secondary N) is 2. The van der Waals surface area contributed by atoms with Crippen molar-refractivity contribution in [2.75, 3.05) is 19.9 Å². The van der Waals surface area contributed by atoms with Crippen molar-refractivity contribution in [3.63, 3.8) is 0 Å². The van der Waals surface area contributed by atoms with E-state index in [2.05, 4.69) is 49.1 Å². The summed E-state index contributed by atoms with van der Waals surface area (Å²) in [4.78, 5) is 26.1. The molecule has 0 aliphatic heterocycles. The van der Waals surface area contributed by atoms with E-state index in [0.717, 1.165) is 32.3 Å². The normalized spacial score (nSPS) is 12.6. The Morgan fingerprint density at radius 3 is 1.85 bits per heavy atom. The summed E-state index contributed by atoms with van der Waals surface area (Å²) in [6, 6.07) is 17.9. The molecule has 2 N–H and O–H groups in total. The molecule has 0 aromatic heterocycles. The summed E-state index contributed by atoms with van der Waals surface area (Å²) in [6.07, 6.45) is 0.267. The summed E-state index contributed by atoms with van der Waals surface area (Å²) in [5.74, 6) is -0.375. The summed E-state index contributed by atoms with van der Waals surface area (Å²) in [5, 5.41) is 20.3. The minimum absolute atomic E-state index is 0.0314. The van der Waals surface area contributed by atoms with E-state index in [4.69, 9.17) is 14.3 Å². The molecule has 8 nitrogen and oxygen atoms in total. The zero-order valence-corrected chi connectivity index (χ0v) is 24.0. The van der Waals surface area contributed by atoms with Crippen LogP contribution < -0.4 is 10.6 Å². The van der Waals surface area contributed by atoms with Gasteiger partial charge in [0.15, 0.2) is 0 Å². The number of amides is 2. The van der Waals surface area contributed by atoms with Gasteiger partial charge in [-0.3, -0.25) is 9.59 Å². The van der Waals surface area contributed by atoms with Crippen molar-refractivity contribution in [2.45, 2.75) is 53.1 Å². The SMILES string of the molecule is CCNC(=O)c1ccc2ccc3ccc(C(=O)NCOP(OCCC#N)N(C(C)C)C(C)C)c4ccc1c2c34. The van der Waals surface area contributed by atoms with Crippen molar-refractivity contribution in [3.05, 3.63) is 59.7 Å². The first-order chi connectivity index (χ1) is 18.8. The van der Waals surface area contributed by atoms with E-state index < -0.39 is 8.53 Å². The Balaban J connectivity index is 1.62. The number of nitrogens with zero attached hydrogens (tertiary/aromatic N) is 2. The Morgan fingerprint density at radius 2 is 1.36 bits per heavy atom. The third-order valence-corrected chi connectivity index (χ3v) is 8.62. The second-order valence-electron chi connectivity index (χ2n) is 9.83. The van der Waals surface area contributed by atoms with E-state index in [1.165, 1.54) is 0 Å². The number of hydrogen-bond donors (Lipinski definition) is 2. The predicted molar refractivity (Wildman–Crippen MR) is 157 cm³/mol. The summed E-state index contributed by atoms with van der Waals surface area (Å²) in [6.45, 7) is 10.9. The fraction of sp³-hybridized carbons (Fsp3) is 0.367. The summed E-state index contributed by atoms with van der Waals surface area (Å²) in [7, 11) is -1.47. The molecule has 0 aliphatic rings. The average Bonchev–Trinajstić information content (AvgIpc) is 2.91. The number of hydrogen-bond acceptors (Lipinski definition) is 6. The average molecular weight is 547 g/mol. The van der Waals surface area contributed by atoms with Gasteiger partial charge in [-0.2, -0.15) is 5.26 Å². The zero-order chi connectivity index (χ0) is 28.1. The van der Waals surface area contributed by atoms with E-state index in [0.29, 0.717) is 17.7 Å². The van der Waals surface area contributed by atoms with E-state index in [-0.39, 0.29) is 43.7 Å². The minimum atomic E-state index is -1.47. The molecule has 0 radical (unpaired) electrons. The van der Waals surface area contributed by atoms with Crippen LogP contribution in [0.25, 0.3) is 32.3 Å². The highest BCUT2D eigenvalue weighted by Crippen LogP contribution is 2.45. The number of rotatable bonds is 12. The van der Waals surface area contributed by atoms with Gasteiger partial charge in [0.25, 0.3) is 20.3 Å².